The lowest BCUT2D eigenvalue weighted by Gasteiger charge is -2.33. The number of carbonyl (C=O) groups is 1. The third kappa shape index (κ3) is 6.70. The third-order valence-electron chi connectivity index (χ3n) is 8.28. The van der Waals surface area contributed by atoms with Crippen LogP contribution in [0.25, 0.3) is 0 Å². The van der Waals surface area contributed by atoms with Crippen molar-refractivity contribution in [3.05, 3.63) is 66.9 Å². The van der Waals surface area contributed by atoms with Gasteiger partial charge in [0, 0.05) is 63.2 Å². The van der Waals surface area contributed by atoms with Crippen LogP contribution in [-0.4, -0.2) is 79.9 Å². The van der Waals surface area contributed by atoms with E-state index < -0.39 is 6.04 Å². The van der Waals surface area contributed by atoms with Crippen molar-refractivity contribution >= 4 is 35.4 Å². The van der Waals surface area contributed by atoms with Gasteiger partial charge in [0.05, 0.1) is 12.3 Å². The molecule has 5 heterocycles. The van der Waals surface area contributed by atoms with Crippen molar-refractivity contribution in [3.63, 3.8) is 0 Å². The van der Waals surface area contributed by atoms with Crippen LogP contribution < -0.4 is 26.2 Å². The first kappa shape index (κ1) is 29.2. The number of allylic oxidation sites excluding steroid dienone is 4. The number of methoxy groups -OCH3 is 1. The second-order valence-corrected chi connectivity index (χ2v) is 11.2. The molecule has 230 valence electrons. The Kier molecular flexibility index (Phi) is 8.77. The molecule has 3 aromatic heterocycles. The molecule has 3 fully saturated rings. The number of aromatic amines is 1. The monoisotopic (exact) mass is 598 g/mol. The number of H-pyrrole nitrogens is 1. The van der Waals surface area contributed by atoms with Gasteiger partial charge in [-0.05, 0) is 49.5 Å². The summed E-state index contributed by atoms with van der Waals surface area (Å²) < 4.78 is 5.68. The van der Waals surface area contributed by atoms with E-state index in [0.717, 1.165) is 50.0 Å². The van der Waals surface area contributed by atoms with Gasteiger partial charge in [-0.25, -0.2) is 4.98 Å². The maximum absolute atomic E-state index is 13.5. The molecule has 0 unspecified atom stereocenters. The minimum Gasteiger partial charge on any atom is -0.405 e. The molecule has 44 heavy (non-hydrogen) atoms. The largest absolute Gasteiger partial charge is 0.405 e. The van der Waals surface area contributed by atoms with E-state index in [4.69, 9.17) is 25.4 Å². The molecule has 2 atom stereocenters. The molecule has 0 radical (unpaired) electrons. The standard InChI is InChI=1S/C30H38N12O2/c1-3-4-19(7-10-31)20-8-13-41(14-9-20)29-36-28(35-25-16-23(39-40-25)21-5-6-21)37-30(38-29)42-18-22(44-2)15-24(42)27(43)34-26-17-32-11-12-33-26/h3-4,7,10-12,16-17,20-22,24H,1,5-6,8-9,13-15,18,31H2,2H3,(H,33,34,43)(H2,35,36,37,38,39,40)/b10-7-,19-4+/t22-,24-/m0/s1. The summed E-state index contributed by atoms with van der Waals surface area (Å²) in [6, 6.07) is 1.41. The second kappa shape index (κ2) is 13.2. The number of aromatic nitrogens is 7. The molecule has 1 aliphatic carbocycles. The predicted octanol–water partition coefficient (Wildman–Crippen LogP) is 3.04. The average Bonchev–Trinajstić information content (AvgIpc) is 3.63. The molecule has 5 N–H and O–H groups in total. The van der Waals surface area contributed by atoms with Crippen LogP contribution in [0.3, 0.4) is 0 Å². The molecular weight excluding hydrogens is 560 g/mol. The van der Waals surface area contributed by atoms with Crippen LogP contribution in [0.4, 0.5) is 29.5 Å². The normalized spacial score (nSPS) is 21.2. The molecule has 0 spiro atoms. The molecule has 2 aliphatic heterocycles. The SMILES string of the molecule is C=C/C=C(\C=C/N)C1CCN(c2nc(Nc3cc(C4CC4)[nH]n3)nc(N3C[C@@H](OC)C[C@H]3C(=O)Nc3cnccn3)n2)CC1. The molecule has 3 aliphatic rings. The van der Waals surface area contributed by atoms with Gasteiger partial charge in [0.2, 0.25) is 23.8 Å². The van der Waals surface area contributed by atoms with E-state index in [1.807, 2.05) is 23.1 Å². The zero-order valence-electron chi connectivity index (χ0n) is 24.8. The van der Waals surface area contributed by atoms with Crippen LogP contribution in [0.15, 0.2) is 61.2 Å². The Labute approximate surface area is 255 Å². The highest BCUT2D eigenvalue weighted by Crippen LogP contribution is 2.40. The topological polar surface area (TPSA) is 176 Å². The molecule has 1 amide bonds. The number of hydrogen-bond donors (Lipinski definition) is 4. The van der Waals surface area contributed by atoms with E-state index in [2.05, 4.69) is 42.3 Å². The minimum atomic E-state index is -0.586. The summed E-state index contributed by atoms with van der Waals surface area (Å²) in [6.07, 6.45) is 16.3. The maximum atomic E-state index is 13.5. The smallest absolute Gasteiger partial charge is 0.248 e. The first-order chi connectivity index (χ1) is 21.5. The fourth-order valence-electron chi connectivity index (χ4n) is 5.80. The lowest BCUT2D eigenvalue weighted by molar-refractivity contribution is -0.117. The first-order valence-electron chi connectivity index (χ1n) is 14.9. The second-order valence-electron chi connectivity index (χ2n) is 11.2. The van der Waals surface area contributed by atoms with E-state index in [1.165, 1.54) is 12.4 Å². The highest BCUT2D eigenvalue weighted by molar-refractivity contribution is 5.96. The van der Waals surface area contributed by atoms with Crippen molar-refractivity contribution in [1.82, 2.24) is 35.1 Å². The Morgan fingerprint density at radius 1 is 1.14 bits per heavy atom. The third-order valence-corrected chi connectivity index (χ3v) is 8.28. The van der Waals surface area contributed by atoms with Gasteiger partial charge < -0.3 is 30.9 Å². The van der Waals surface area contributed by atoms with E-state index in [0.29, 0.717) is 54.3 Å². The number of nitrogens with two attached hydrogens (primary N) is 1. The van der Waals surface area contributed by atoms with Gasteiger partial charge in [-0.2, -0.15) is 20.1 Å². The van der Waals surface area contributed by atoms with Gasteiger partial charge in [0.15, 0.2) is 11.6 Å². The number of nitrogens with one attached hydrogen (secondary N) is 3. The molecule has 1 saturated carbocycles. The van der Waals surface area contributed by atoms with Crippen molar-refractivity contribution in [2.75, 3.05) is 47.2 Å². The van der Waals surface area contributed by atoms with E-state index in [-0.39, 0.29) is 12.0 Å². The molecule has 0 bridgehead atoms. The number of anilines is 5. The predicted molar refractivity (Wildman–Crippen MR) is 167 cm³/mol. The number of nitrogens with zero attached hydrogens (tertiary/aromatic N) is 8. The zero-order valence-corrected chi connectivity index (χ0v) is 24.8. The zero-order chi connectivity index (χ0) is 30.5. The number of amides is 1. The number of rotatable bonds is 11. The van der Waals surface area contributed by atoms with Crippen LogP contribution >= 0.6 is 0 Å². The van der Waals surface area contributed by atoms with Crippen LogP contribution in [0.2, 0.25) is 0 Å². The molecule has 3 aromatic rings. The van der Waals surface area contributed by atoms with Crippen molar-refractivity contribution in [2.45, 2.75) is 50.2 Å². The molecule has 0 aromatic carbocycles. The Morgan fingerprint density at radius 3 is 2.66 bits per heavy atom. The van der Waals surface area contributed by atoms with Gasteiger partial charge in [-0.15, -0.1) is 0 Å². The van der Waals surface area contributed by atoms with E-state index in [1.54, 1.807) is 25.6 Å². The summed E-state index contributed by atoms with van der Waals surface area (Å²) in [5.74, 6) is 2.92. The Bertz CT molecular complexity index is 1510. The van der Waals surface area contributed by atoms with Gasteiger partial charge in [0.25, 0.3) is 0 Å². The number of piperidine rings is 1. The summed E-state index contributed by atoms with van der Waals surface area (Å²) in [4.78, 5) is 40.3. The highest BCUT2D eigenvalue weighted by Gasteiger charge is 2.39. The van der Waals surface area contributed by atoms with Crippen molar-refractivity contribution < 1.29 is 9.53 Å². The maximum Gasteiger partial charge on any atom is 0.248 e. The summed E-state index contributed by atoms with van der Waals surface area (Å²) in [6.45, 7) is 5.77. The fraction of sp³-hybridized carbons (Fsp3) is 0.433. The quantitative estimate of drug-likeness (QED) is 0.238. The first-order valence-corrected chi connectivity index (χ1v) is 14.9. The van der Waals surface area contributed by atoms with Gasteiger partial charge in [-0.1, -0.05) is 18.7 Å². The van der Waals surface area contributed by atoms with Crippen molar-refractivity contribution in [1.29, 1.82) is 0 Å². The van der Waals surface area contributed by atoms with Gasteiger partial charge in [0.1, 0.15) is 6.04 Å². The van der Waals surface area contributed by atoms with E-state index in [9.17, 15) is 4.79 Å². The summed E-state index contributed by atoms with van der Waals surface area (Å²) in [5, 5.41) is 13.7. The lowest BCUT2D eigenvalue weighted by atomic mass is 9.89. The molecule has 2 saturated heterocycles. The Balaban J connectivity index is 1.28. The number of carbonyl (C=O) groups excluding carboxylic acids is 1. The van der Waals surface area contributed by atoms with Crippen LogP contribution in [0.1, 0.15) is 43.7 Å². The Morgan fingerprint density at radius 2 is 1.95 bits per heavy atom. The number of hydrogen-bond acceptors (Lipinski definition) is 12. The lowest BCUT2D eigenvalue weighted by Crippen LogP contribution is -2.41. The Hall–Kier alpha value is -4.85. The van der Waals surface area contributed by atoms with Crippen molar-refractivity contribution in [3.8, 4) is 0 Å². The molecule has 6 rings (SSSR count). The van der Waals surface area contributed by atoms with Gasteiger partial charge in [-0.3, -0.25) is 14.9 Å². The van der Waals surface area contributed by atoms with Crippen LogP contribution in [-0.2, 0) is 9.53 Å². The van der Waals surface area contributed by atoms with Gasteiger partial charge >= 0.3 is 0 Å². The van der Waals surface area contributed by atoms with E-state index >= 15 is 0 Å². The van der Waals surface area contributed by atoms with Crippen molar-refractivity contribution in [2.24, 2.45) is 11.7 Å². The summed E-state index contributed by atoms with van der Waals surface area (Å²) in [7, 11) is 1.64. The number of ether oxygens (including phenoxy) is 1. The average molecular weight is 599 g/mol. The fourth-order valence-corrected chi connectivity index (χ4v) is 5.80. The molecule has 14 nitrogen and oxygen atoms in total. The summed E-state index contributed by atoms with van der Waals surface area (Å²) in [5.41, 5.74) is 7.96. The summed E-state index contributed by atoms with van der Waals surface area (Å²) >= 11 is 0. The molecule has 14 heteroatoms. The van der Waals surface area contributed by atoms with Crippen LogP contribution in [0, 0.1) is 5.92 Å². The van der Waals surface area contributed by atoms with Crippen LogP contribution in [0.5, 0.6) is 0 Å². The minimum absolute atomic E-state index is 0.182. The highest BCUT2D eigenvalue weighted by atomic mass is 16.5. The molecular formula is C30H38N12O2.